The van der Waals surface area contributed by atoms with E-state index >= 15 is 0 Å². The first kappa shape index (κ1) is 18.6. The number of carbonyl (C=O) groups excluding carboxylic acids is 1. The van der Waals surface area contributed by atoms with Crippen molar-refractivity contribution in [2.24, 2.45) is 0 Å². The van der Waals surface area contributed by atoms with Crippen LogP contribution in [0.3, 0.4) is 0 Å². The van der Waals surface area contributed by atoms with E-state index in [4.69, 9.17) is 4.42 Å². The van der Waals surface area contributed by atoms with Gasteiger partial charge in [0.2, 0.25) is 16.9 Å². The van der Waals surface area contributed by atoms with Crippen molar-refractivity contribution in [2.45, 2.75) is 25.0 Å². The minimum atomic E-state index is -0.193. The fourth-order valence-corrected chi connectivity index (χ4v) is 3.92. The van der Waals surface area contributed by atoms with E-state index in [-0.39, 0.29) is 17.6 Å². The number of hydrogen-bond donors (Lipinski definition) is 1. The number of benzene rings is 2. The summed E-state index contributed by atoms with van der Waals surface area (Å²) in [4.78, 5) is 12.1. The van der Waals surface area contributed by atoms with Gasteiger partial charge in [0.25, 0.3) is 5.22 Å². The molecule has 28 heavy (non-hydrogen) atoms. The van der Waals surface area contributed by atoms with Gasteiger partial charge in [-0.15, -0.1) is 20.4 Å². The largest absolute Gasteiger partial charge is 0.411 e. The highest BCUT2D eigenvalue weighted by Crippen LogP contribution is 2.29. The number of amides is 1. The van der Waals surface area contributed by atoms with Crippen molar-refractivity contribution in [2.75, 3.05) is 11.1 Å². The third-order valence-electron chi connectivity index (χ3n) is 3.93. The molecule has 0 saturated carbocycles. The van der Waals surface area contributed by atoms with E-state index in [9.17, 15) is 4.79 Å². The molecule has 0 bridgehead atoms. The second-order valence-electron chi connectivity index (χ2n) is 6.34. The van der Waals surface area contributed by atoms with Crippen molar-refractivity contribution in [1.29, 1.82) is 0 Å². The van der Waals surface area contributed by atoms with Gasteiger partial charge < -0.3 is 4.42 Å². The Morgan fingerprint density at radius 1 is 1.11 bits per heavy atom. The molecule has 0 aliphatic heterocycles. The lowest BCUT2D eigenvalue weighted by atomic mass is 10.0. The molecule has 0 spiro atoms. The first-order chi connectivity index (χ1) is 13.6. The summed E-state index contributed by atoms with van der Waals surface area (Å²) in [5.74, 6) is 0.670. The summed E-state index contributed by atoms with van der Waals surface area (Å²) in [7, 11) is 0. The first-order valence-electron chi connectivity index (χ1n) is 8.68. The number of aromatic nitrogens is 4. The van der Waals surface area contributed by atoms with Crippen LogP contribution in [0.4, 0.5) is 5.13 Å². The second-order valence-corrected chi connectivity index (χ2v) is 8.27. The molecule has 0 saturated heterocycles. The molecule has 0 fully saturated rings. The van der Waals surface area contributed by atoms with Crippen LogP contribution in [0.25, 0.3) is 22.2 Å². The smallest absolute Gasteiger partial charge is 0.277 e. The van der Waals surface area contributed by atoms with Crippen LogP contribution in [-0.4, -0.2) is 32.1 Å². The molecule has 0 unspecified atom stereocenters. The second kappa shape index (κ2) is 8.07. The minimum Gasteiger partial charge on any atom is -0.411 e. The Morgan fingerprint density at radius 2 is 1.93 bits per heavy atom. The quantitative estimate of drug-likeness (QED) is 0.464. The maximum Gasteiger partial charge on any atom is 0.277 e. The third kappa shape index (κ3) is 4.05. The van der Waals surface area contributed by atoms with Gasteiger partial charge in [-0.2, -0.15) is 0 Å². The zero-order chi connectivity index (χ0) is 19.5. The SMILES string of the molecule is CC(C)c1nnc(NC(=O)CSc2nnc(-c3cccc4ccccc34)o2)s1. The van der Waals surface area contributed by atoms with E-state index < -0.39 is 0 Å². The summed E-state index contributed by atoms with van der Waals surface area (Å²) in [5, 5.41) is 22.8. The molecule has 4 aromatic rings. The standard InChI is InChI=1S/C19H17N5O2S2/c1-11(2)17-22-23-18(28-17)20-15(25)10-27-19-24-21-16(26-19)14-9-5-7-12-6-3-4-8-13(12)14/h3-9,11H,10H2,1-2H3,(H,20,23,25). The molecule has 9 heteroatoms. The molecule has 0 aliphatic carbocycles. The summed E-state index contributed by atoms with van der Waals surface area (Å²) in [6, 6.07) is 13.9. The van der Waals surface area contributed by atoms with E-state index in [1.165, 1.54) is 23.1 Å². The average Bonchev–Trinajstić information content (AvgIpc) is 3.35. The van der Waals surface area contributed by atoms with E-state index in [0.29, 0.717) is 16.2 Å². The zero-order valence-electron chi connectivity index (χ0n) is 15.2. The summed E-state index contributed by atoms with van der Waals surface area (Å²) in [6.45, 7) is 4.07. The molecule has 1 N–H and O–H groups in total. The lowest BCUT2D eigenvalue weighted by Crippen LogP contribution is -2.13. The van der Waals surface area contributed by atoms with Crippen molar-refractivity contribution in [3.63, 3.8) is 0 Å². The Balaban J connectivity index is 1.41. The maximum absolute atomic E-state index is 12.1. The Labute approximate surface area is 169 Å². The van der Waals surface area contributed by atoms with Crippen LogP contribution >= 0.6 is 23.1 Å². The molecule has 4 rings (SSSR count). The highest BCUT2D eigenvalue weighted by atomic mass is 32.2. The molecule has 2 aromatic carbocycles. The summed E-state index contributed by atoms with van der Waals surface area (Å²) >= 11 is 2.56. The molecule has 1 amide bonds. The Kier molecular flexibility index (Phi) is 5.36. The summed E-state index contributed by atoms with van der Waals surface area (Å²) in [6.07, 6.45) is 0. The lowest BCUT2D eigenvalue weighted by Gasteiger charge is -2.01. The third-order valence-corrected chi connectivity index (χ3v) is 5.89. The molecule has 7 nitrogen and oxygen atoms in total. The number of nitrogens with one attached hydrogen (secondary N) is 1. The number of fused-ring (bicyclic) bond motifs is 1. The Bertz CT molecular complexity index is 1120. The normalized spacial score (nSPS) is 11.2. The highest BCUT2D eigenvalue weighted by Gasteiger charge is 2.15. The van der Waals surface area contributed by atoms with E-state index in [0.717, 1.165) is 21.3 Å². The zero-order valence-corrected chi connectivity index (χ0v) is 16.9. The van der Waals surface area contributed by atoms with Gasteiger partial charge in [-0.05, 0) is 16.8 Å². The van der Waals surface area contributed by atoms with Crippen LogP contribution in [-0.2, 0) is 4.79 Å². The number of thioether (sulfide) groups is 1. The molecular weight excluding hydrogens is 394 g/mol. The van der Waals surface area contributed by atoms with Crippen molar-refractivity contribution < 1.29 is 9.21 Å². The van der Waals surface area contributed by atoms with Gasteiger partial charge in [-0.25, -0.2) is 0 Å². The van der Waals surface area contributed by atoms with Crippen LogP contribution in [0.15, 0.2) is 52.1 Å². The van der Waals surface area contributed by atoms with Crippen molar-refractivity contribution in [3.8, 4) is 11.5 Å². The van der Waals surface area contributed by atoms with Crippen molar-refractivity contribution >= 4 is 44.9 Å². The van der Waals surface area contributed by atoms with E-state index in [1.807, 2.05) is 56.3 Å². The monoisotopic (exact) mass is 411 g/mol. The van der Waals surface area contributed by atoms with Crippen LogP contribution < -0.4 is 5.32 Å². The summed E-state index contributed by atoms with van der Waals surface area (Å²) < 4.78 is 5.75. The van der Waals surface area contributed by atoms with Crippen molar-refractivity contribution in [1.82, 2.24) is 20.4 Å². The maximum atomic E-state index is 12.1. The van der Waals surface area contributed by atoms with Gasteiger partial charge in [0.1, 0.15) is 5.01 Å². The van der Waals surface area contributed by atoms with Gasteiger partial charge in [-0.1, -0.05) is 73.3 Å². The van der Waals surface area contributed by atoms with Gasteiger partial charge in [0.05, 0.1) is 5.75 Å². The fourth-order valence-electron chi connectivity index (χ4n) is 2.59. The Hall–Kier alpha value is -2.78. The van der Waals surface area contributed by atoms with E-state index in [1.54, 1.807) is 0 Å². The van der Waals surface area contributed by atoms with Crippen LogP contribution in [0, 0.1) is 0 Å². The van der Waals surface area contributed by atoms with Crippen LogP contribution in [0.5, 0.6) is 0 Å². The molecule has 0 aliphatic rings. The molecule has 2 heterocycles. The number of nitrogens with zero attached hydrogens (tertiary/aromatic N) is 4. The lowest BCUT2D eigenvalue weighted by molar-refractivity contribution is -0.113. The molecular formula is C19H17N5O2S2. The topological polar surface area (TPSA) is 93.8 Å². The predicted molar refractivity (Wildman–Crippen MR) is 111 cm³/mol. The predicted octanol–water partition coefficient (Wildman–Crippen LogP) is 4.60. The molecule has 0 atom stereocenters. The van der Waals surface area contributed by atoms with Gasteiger partial charge in [-0.3, -0.25) is 10.1 Å². The number of rotatable bonds is 6. The number of anilines is 1. The number of carbonyl (C=O) groups is 1. The highest BCUT2D eigenvalue weighted by molar-refractivity contribution is 7.99. The van der Waals surface area contributed by atoms with Gasteiger partial charge in [0.15, 0.2) is 0 Å². The molecule has 142 valence electrons. The minimum absolute atomic E-state index is 0.147. The average molecular weight is 412 g/mol. The first-order valence-corrected chi connectivity index (χ1v) is 10.5. The number of hydrogen-bond acceptors (Lipinski definition) is 8. The molecule has 2 aromatic heterocycles. The summed E-state index contributed by atoms with van der Waals surface area (Å²) in [5.41, 5.74) is 0.872. The van der Waals surface area contributed by atoms with E-state index in [2.05, 4.69) is 25.7 Å². The van der Waals surface area contributed by atoms with Crippen LogP contribution in [0.2, 0.25) is 0 Å². The van der Waals surface area contributed by atoms with Gasteiger partial charge in [0, 0.05) is 11.5 Å². The van der Waals surface area contributed by atoms with Gasteiger partial charge >= 0.3 is 0 Å². The fraction of sp³-hybridized carbons (Fsp3) is 0.211. The molecule has 0 radical (unpaired) electrons. The van der Waals surface area contributed by atoms with Crippen LogP contribution in [0.1, 0.15) is 24.8 Å². The van der Waals surface area contributed by atoms with Crippen molar-refractivity contribution in [3.05, 3.63) is 47.5 Å². The Morgan fingerprint density at radius 3 is 2.75 bits per heavy atom.